The van der Waals surface area contributed by atoms with Crippen molar-refractivity contribution in [3.8, 4) is 6.07 Å². The summed E-state index contributed by atoms with van der Waals surface area (Å²) in [4.78, 5) is 35.7. The van der Waals surface area contributed by atoms with E-state index in [1.54, 1.807) is 0 Å². The van der Waals surface area contributed by atoms with Gasteiger partial charge in [-0.15, -0.1) is 0 Å². The molecule has 7 nitrogen and oxygen atoms in total. The van der Waals surface area contributed by atoms with Crippen molar-refractivity contribution in [2.75, 3.05) is 12.4 Å². The minimum atomic E-state index is -1.08. The van der Waals surface area contributed by atoms with Crippen LogP contribution in [0.25, 0.3) is 0 Å². The Bertz CT molecular complexity index is 919. The molecule has 0 fully saturated rings. The lowest BCUT2D eigenvalue weighted by Gasteiger charge is -2.14. The van der Waals surface area contributed by atoms with Crippen molar-refractivity contribution in [2.24, 2.45) is 0 Å². The zero-order valence-corrected chi connectivity index (χ0v) is 15.2. The topological polar surface area (TPSA) is 105 Å². The molecule has 0 radical (unpaired) electrons. The average Bonchev–Trinajstić information content (AvgIpc) is 2.67. The minimum Gasteiger partial charge on any atom is -0.465 e. The molecule has 1 unspecified atom stereocenters. The number of amides is 1. The molecule has 0 saturated heterocycles. The lowest BCUT2D eigenvalue weighted by Crippen LogP contribution is -2.30. The molecular weight excluding hydrogens is 372 g/mol. The van der Waals surface area contributed by atoms with Crippen molar-refractivity contribution in [1.82, 2.24) is 0 Å². The van der Waals surface area contributed by atoms with Crippen LogP contribution in [-0.2, 0) is 14.3 Å². The van der Waals surface area contributed by atoms with E-state index in [1.165, 1.54) is 56.5 Å². The Morgan fingerprint density at radius 1 is 1.07 bits per heavy atom. The van der Waals surface area contributed by atoms with Gasteiger partial charge >= 0.3 is 11.9 Å². The maximum atomic E-state index is 12.2. The number of esters is 2. The normalized spacial score (nSPS) is 11.0. The van der Waals surface area contributed by atoms with Gasteiger partial charge in [-0.3, -0.25) is 4.79 Å². The number of carbonyl (C=O) groups is 3. The Labute approximate surface area is 160 Å². The largest absolute Gasteiger partial charge is 0.465 e. The fourth-order valence-electron chi connectivity index (χ4n) is 2.07. The summed E-state index contributed by atoms with van der Waals surface area (Å²) in [5, 5.41) is 11.6. The number of methoxy groups -OCH3 is 1. The number of hydrogen-bond donors (Lipinski definition) is 1. The smallest absolute Gasteiger partial charge is 0.338 e. The van der Waals surface area contributed by atoms with E-state index in [0.717, 1.165) is 0 Å². The lowest BCUT2D eigenvalue weighted by molar-refractivity contribution is -0.123. The number of hydrogen-bond acceptors (Lipinski definition) is 6. The van der Waals surface area contributed by atoms with Crippen molar-refractivity contribution >= 4 is 35.1 Å². The Morgan fingerprint density at radius 2 is 1.67 bits per heavy atom. The van der Waals surface area contributed by atoms with Gasteiger partial charge in [-0.05, 0) is 49.4 Å². The second-order valence-corrected chi connectivity index (χ2v) is 5.82. The van der Waals surface area contributed by atoms with E-state index in [4.69, 9.17) is 21.6 Å². The molecule has 1 amide bonds. The van der Waals surface area contributed by atoms with Gasteiger partial charge in [0.05, 0.1) is 28.8 Å². The molecule has 2 aromatic rings. The van der Waals surface area contributed by atoms with E-state index < -0.39 is 23.9 Å². The summed E-state index contributed by atoms with van der Waals surface area (Å²) in [5.74, 6) is -1.80. The maximum absolute atomic E-state index is 12.2. The molecule has 2 rings (SSSR count). The number of rotatable bonds is 5. The van der Waals surface area contributed by atoms with Crippen molar-refractivity contribution in [2.45, 2.75) is 13.0 Å². The molecule has 0 aromatic heterocycles. The number of nitrogens with one attached hydrogen (secondary N) is 1. The Balaban J connectivity index is 1.99. The summed E-state index contributed by atoms with van der Waals surface area (Å²) in [6.45, 7) is 1.42. The second kappa shape index (κ2) is 8.83. The summed E-state index contributed by atoms with van der Waals surface area (Å²) in [6, 6.07) is 12.0. The fourth-order valence-corrected chi connectivity index (χ4v) is 2.29. The number of benzene rings is 2. The highest BCUT2D eigenvalue weighted by Crippen LogP contribution is 2.20. The van der Waals surface area contributed by atoms with Gasteiger partial charge in [0.2, 0.25) is 0 Å². The van der Waals surface area contributed by atoms with E-state index in [0.29, 0.717) is 5.69 Å². The molecule has 1 atom stereocenters. The molecule has 0 saturated carbocycles. The summed E-state index contributed by atoms with van der Waals surface area (Å²) >= 11 is 5.91. The van der Waals surface area contributed by atoms with Gasteiger partial charge < -0.3 is 14.8 Å². The van der Waals surface area contributed by atoms with Crippen molar-refractivity contribution in [3.05, 3.63) is 64.2 Å². The van der Waals surface area contributed by atoms with Crippen LogP contribution in [0.5, 0.6) is 0 Å². The first-order valence-electron chi connectivity index (χ1n) is 7.75. The Kier molecular flexibility index (Phi) is 6.52. The monoisotopic (exact) mass is 386 g/mol. The highest BCUT2D eigenvalue weighted by atomic mass is 35.5. The van der Waals surface area contributed by atoms with Gasteiger partial charge in [0, 0.05) is 5.69 Å². The van der Waals surface area contributed by atoms with Crippen LogP contribution in [-0.4, -0.2) is 31.1 Å². The van der Waals surface area contributed by atoms with Crippen molar-refractivity contribution in [1.29, 1.82) is 5.26 Å². The number of nitriles is 1. The van der Waals surface area contributed by atoms with E-state index in [1.807, 2.05) is 6.07 Å². The molecule has 0 spiro atoms. The molecule has 1 N–H and O–H groups in total. The first-order valence-corrected chi connectivity index (χ1v) is 8.13. The van der Waals surface area contributed by atoms with Gasteiger partial charge in [-0.25, -0.2) is 9.59 Å². The average molecular weight is 387 g/mol. The van der Waals surface area contributed by atoms with Gasteiger partial charge in [0.25, 0.3) is 5.91 Å². The molecular formula is C19H15ClN2O5. The standard InChI is InChI=1S/C19H15ClN2O5/c1-11(17(23)22-15-8-7-14(10-21)16(20)9-15)27-19(25)13-5-3-12(4-6-13)18(24)26-2/h3-9,11H,1-2H3,(H,22,23). The van der Waals surface area contributed by atoms with Crippen LogP contribution in [0.15, 0.2) is 42.5 Å². The number of anilines is 1. The minimum absolute atomic E-state index is 0.184. The number of ether oxygens (including phenoxy) is 2. The van der Waals surface area contributed by atoms with Gasteiger partial charge in [0.15, 0.2) is 6.10 Å². The van der Waals surface area contributed by atoms with Crippen molar-refractivity contribution in [3.63, 3.8) is 0 Å². The van der Waals surface area contributed by atoms with E-state index >= 15 is 0 Å². The van der Waals surface area contributed by atoms with E-state index in [9.17, 15) is 14.4 Å². The molecule has 0 aliphatic carbocycles. The van der Waals surface area contributed by atoms with Crippen LogP contribution in [0.4, 0.5) is 5.69 Å². The number of halogens is 1. The Hall–Kier alpha value is -3.37. The Morgan fingerprint density at radius 3 is 2.19 bits per heavy atom. The predicted molar refractivity (Wildman–Crippen MR) is 97.5 cm³/mol. The third kappa shape index (κ3) is 5.06. The van der Waals surface area contributed by atoms with Crippen LogP contribution in [0, 0.1) is 11.3 Å². The maximum Gasteiger partial charge on any atom is 0.338 e. The van der Waals surface area contributed by atoms with E-state index in [2.05, 4.69) is 10.1 Å². The van der Waals surface area contributed by atoms with Crippen LogP contribution in [0.1, 0.15) is 33.2 Å². The summed E-state index contributed by atoms with van der Waals surface area (Å²) in [6.07, 6.45) is -1.08. The van der Waals surface area contributed by atoms with Crippen molar-refractivity contribution < 1.29 is 23.9 Å². The third-order valence-electron chi connectivity index (χ3n) is 3.55. The summed E-state index contributed by atoms with van der Waals surface area (Å²) in [7, 11) is 1.26. The SMILES string of the molecule is COC(=O)c1ccc(C(=O)OC(C)C(=O)Nc2ccc(C#N)c(Cl)c2)cc1. The fraction of sp³-hybridized carbons (Fsp3) is 0.158. The highest BCUT2D eigenvalue weighted by Gasteiger charge is 2.19. The van der Waals surface area contributed by atoms with Crippen LogP contribution in [0.3, 0.4) is 0 Å². The molecule has 27 heavy (non-hydrogen) atoms. The quantitative estimate of drug-likeness (QED) is 0.791. The second-order valence-electron chi connectivity index (χ2n) is 5.41. The molecule has 8 heteroatoms. The summed E-state index contributed by atoms with van der Waals surface area (Å²) in [5.41, 5.74) is 1.13. The third-order valence-corrected chi connectivity index (χ3v) is 3.86. The van der Waals surface area contributed by atoms with Gasteiger partial charge in [0.1, 0.15) is 6.07 Å². The zero-order chi connectivity index (χ0) is 20.0. The summed E-state index contributed by atoms with van der Waals surface area (Å²) < 4.78 is 9.70. The molecule has 0 aliphatic rings. The molecule has 2 aromatic carbocycles. The molecule has 138 valence electrons. The van der Waals surface area contributed by atoms with Crippen LogP contribution in [0.2, 0.25) is 5.02 Å². The molecule has 0 bridgehead atoms. The van der Waals surface area contributed by atoms with Crippen LogP contribution >= 0.6 is 11.6 Å². The lowest BCUT2D eigenvalue weighted by atomic mass is 10.1. The zero-order valence-electron chi connectivity index (χ0n) is 14.5. The molecule has 0 heterocycles. The molecule has 0 aliphatic heterocycles. The first-order chi connectivity index (χ1) is 12.8. The van der Waals surface area contributed by atoms with Gasteiger partial charge in [-0.2, -0.15) is 5.26 Å². The first kappa shape index (κ1) is 19.9. The highest BCUT2D eigenvalue weighted by molar-refractivity contribution is 6.32. The number of nitrogens with zero attached hydrogens (tertiary/aromatic N) is 1. The van der Waals surface area contributed by atoms with Gasteiger partial charge in [-0.1, -0.05) is 11.6 Å². The number of carbonyl (C=O) groups excluding carboxylic acids is 3. The predicted octanol–water partition coefficient (Wildman–Crippen LogP) is 3.18. The van der Waals surface area contributed by atoms with Crippen LogP contribution < -0.4 is 5.32 Å². The van der Waals surface area contributed by atoms with E-state index in [-0.39, 0.29) is 21.7 Å².